The molecule has 0 saturated carbocycles. The van der Waals surface area contributed by atoms with Crippen LogP contribution in [0, 0.1) is 0 Å². The molecule has 0 radical (unpaired) electrons. The standard InChI is InChI=1S/C10H20N2O4/c1-3-5-6-16-10(15)11-7-8(4-2)12-9(13)14/h8,12H,3-7H2,1-2H3,(H,11,15)(H,13,14). The normalized spacial score (nSPS) is 11.6. The zero-order valence-electron chi connectivity index (χ0n) is 9.78. The third-order valence-electron chi connectivity index (χ3n) is 2.04. The van der Waals surface area contributed by atoms with Crippen molar-refractivity contribution >= 4 is 12.2 Å². The lowest BCUT2D eigenvalue weighted by atomic mass is 10.2. The lowest BCUT2D eigenvalue weighted by molar-refractivity contribution is 0.142. The highest BCUT2D eigenvalue weighted by molar-refractivity contribution is 5.67. The Morgan fingerprint density at radius 1 is 1.38 bits per heavy atom. The highest BCUT2D eigenvalue weighted by Crippen LogP contribution is 1.91. The van der Waals surface area contributed by atoms with E-state index < -0.39 is 12.2 Å². The van der Waals surface area contributed by atoms with Gasteiger partial charge in [-0.3, -0.25) is 0 Å². The fourth-order valence-electron chi connectivity index (χ4n) is 1.04. The maximum Gasteiger partial charge on any atom is 0.407 e. The Kier molecular flexibility index (Phi) is 8.01. The van der Waals surface area contributed by atoms with Gasteiger partial charge in [-0.2, -0.15) is 0 Å². The largest absolute Gasteiger partial charge is 0.465 e. The van der Waals surface area contributed by atoms with E-state index in [0.29, 0.717) is 13.0 Å². The van der Waals surface area contributed by atoms with Gasteiger partial charge < -0.3 is 20.5 Å². The summed E-state index contributed by atoms with van der Waals surface area (Å²) in [4.78, 5) is 21.5. The Balaban J connectivity index is 3.66. The highest BCUT2D eigenvalue weighted by Gasteiger charge is 2.10. The van der Waals surface area contributed by atoms with Crippen molar-refractivity contribution in [2.45, 2.75) is 39.2 Å². The number of carboxylic acid groups (broad SMARTS) is 1. The quantitative estimate of drug-likeness (QED) is 0.581. The van der Waals surface area contributed by atoms with Gasteiger partial charge in [0.1, 0.15) is 0 Å². The molecule has 6 heteroatoms. The van der Waals surface area contributed by atoms with Gasteiger partial charge in [-0.05, 0) is 12.8 Å². The van der Waals surface area contributed by atoms with E-state index in [1.54, 1.807) is 0 Å². The molecule has 0 bridgehead atoms. The Hall–Kier alpha value is -1.46. The number of nitrogens with one attached hydrogen (secondary N) is 2. The molecule has 0 aliphatic heterocycles. The summed E-state index contributed by atoms with van der Waals surface area (Å²) in [6.45, 7) is 4.48. The van der Waals surface area contributed by atoms with Crippen LogP contribution in [0.5, 0.6) is 0 Å². The van der Waals surface area contributed by atoms with E-state index in [4.69, 9.17) is 9.84 Å². The molecule has 0 fully saturated rings. The third kappa shape index (κ3) is 7.90. The van der Waals surface area contributed by atoms with Crippen LogP contribution in [0.2, 0.25) is 0 Å². The molecule has 0 aromatic rings. The van der Waals surface area contributed by atoms with E-state index in [0.717, 1.165) is 12.8 Å². The van der Waals surface area contributed by atoms with E-state index in [-0.39, 0.29) is 12.6 Å². The average Bonchev–Trinajstić information content (AvgIpc) is 2.24. The molecule has 0 aliphatic carbocycles. The van der Waals surface area contributed by atoms with Gasteiger partial charge in [-0.25, -0.2) is 9.59 Å². The summed E-state index contributed by atoms with van der Waals surface area (Å²) in [5, 5.41) is 13.3. The minimum absolute atomic E-state index is 0.244. The number of amides is 2. The van der Waals surface area contributed by atoms with Crippen LogP contribution in [-0.4, -0.2) is 36.5 Å². The Labute approximate surface area is 95.4 Å². The van der Waals surface area contributed by atoms with Crippen molar-refractivity contribution in [2.24, 2.45) is 0 Å². The zero-order valence-corrected chi connectivity index (χ0v) is 9.78. The number of carbonyl (C=O) groups is 2. The first-order valence-corrected chi connectivity index (χ1v) is 5.50. The second-order valence-corrected chi connectivity index (χ2v) is 3.43. The van der Waals surface area contributed by atoms with E-state index in [9.17, 15) is 9.59 Å². The maximum atomic E-state index is 11.1. The molecule has 16 heavy (non-hydrogen) atoms. The molecule has 0 aromatic carbocycles. The predicted octanol–water partition coefficient (Wildman–Crippen LogP) is 1.56. The van der Waals surface area contributed by atoms with Crippen molar-refractivity contribution in [3.8, 4) is 0 Å². The van der Waals surface area contributed by atoms with Gasteiger partial charge in [-0.1, -0.05) is 20.3 Å². The first kappa shape index (κ1) is 14.5. The Morgan fingerprint density at radius 2 is 2.06 bits per heavy atom. The number of hydrogen-bond donors (Lipinski definition) is 3. The van der Waals surface area contributed by atoms with Gasteiger partial charge >= 0.3 is 12.2 Å². The second kappa shape index (κ2) is 8.82. The highest BCUT2D eigenvalue weighted by atomic mass is 16.5. The first-order chi connectivity index (χ1) is 7.60. The van der Waals surface area contributed by atoms with Crippen molar-refractivity contribution in [3.63, 3.8) is 0 Å². The fourth-order valence-corrected chi connectivity index (χ4v) is 1.04. The number of unbranched alkanes of at least 4 members (excludes halogenated alkanes) is 1. The van der Waals surface area contributed by atoms with Gasteiger partial charge in [0, 0.05) is 12.6 Å². The lowest BCUT2D eigenvalue weighted by Gasteiger charge is -2.15. The van der Waals surface area contributed by atoms with Crippen molar-refractivity contribution in [2.75, 3.05) is 13.2 Å². The zero-order chi connectivity index (χ0) is 12.4. The van der Waals surface area contributed by atoms with Gasteiger partial charge in [0.25, 0.3) is 0 Å². The number of carbonyl (C=O) groups excluding carboxylic acids is 1. The van der Waals surface area contributed by atoms with Crippen LogP contribution < -0.4 is 10.6 Å². The predicted molar refractivity (Wildman–Crippen MR) is 59.5 cm³/mol. The van der Waals surface area contributed by atoms with Crippen molar-refractivity contribution < 1.29 is 19.4 Å². The smallest absolute Gasteiger partial charge is 0.407 e. The molecular formula is C10H20N2O4. The summed E-state index contributed by atoms with van der Waals surface area (Å²) in [7, 11) is 0. The van der Waals surface area contributed by atoms with Crippen molar-refractivity contribution in [1.29, 1.82) is 0 Å². The molecule has 3 N–H and O–H groups in total. The summed E-state index contributed by atoms with van der Waals surface area (Å²) >= 11 is 0. The van der Waals surface area contributed by atoms with E-state index >= 15 is 0 Å². The van der Waals surface area contributed by atoms with Crippen LogP contribution in [0.1, 0.15) is 33.1 Å². The Morgan fingerprint density at radius 3 is 2.56 bits per heavy atom. The van der Waals surface area contributed by atoms with Crippen LogP contribution >= 0.6 is 0 Å². The van der Waals surface area contributed by atoms with E-state index in [1.807, 2.05) is 13.8 Å². The van der Waals surface area contributed by atoms with Gasteiger partial charge in [0.15, 0.2) is 0 Å². The number of alkyl carbamates (subject to hydrolysis) is 1. The average molecular weight is 232 g/mol. The molecule has 1 atom stereocenters. The maximum absolute atomic E-state index is 11.1. The number of hydrogen-bond acceptors (Lipinski definition) is 3. The summed E-state index contributed by atoms with van der Waals surface area (Å²) in [5.41, 5.74) is 0. The summed E-state index contributed by atoms with van der Waals surface area (Å²) in [5.74, 6) is 0. The fraction of sp³-hybridized carbons (Fsp3) is 0.800. The molecule has 0 saturated heterocycles. The minimum Gasteiger partial charge on any atom is -0.465 e. The summed E-state index contributed by atoms with van der Waals surface area (Å²) in [6, 6.07) is -0.281. The molecule has 2 amide bonds. The van der Waals surface area contributed by atoms with E-state index in [2.05, 4.69) is 10.6 Å². The second-order valence-electron chi connectivity index (χ2n) is 3.43. The molecule has 0 heterocycles. The van der Waals surface area contributed by atoms with Crippen molar-refractivity contribution in [1.82, 2.24) is 10.6 Å². The van der Waals surface area contributed by atoms with Crippen LogP contribution in [0.4, 0.5) is 9.59 Å². The molecule has 0 spiro atoms. The third-order valence-corrected chi connectivity index (χ3v) is 2.04. The van der Waals surface area contributed by atoms with Crippen LogP contribution in [0.15, 0.2) is 0 Å². The number of rotatable bonds is 7. The van der Waals surface area contributed by atoms with Crippen LogP contribution in [0.3, 0.4) is 0 Å². The van der Waals surface area contributed by atoms with Crippen molar-refractivity contribution in [3.05, 3.63) is 0 Å². The molecule has 0 aliphatic rings. The SMILES string of the molecule is CCCCOC(=O)NCC(CC)NC(=O)O. The topological polar surface area (TPSA) is 87.7 Å². The van der Waals surface area contributed by atoms with Gasteiger partial charge in [0.2, 0.25) is 0 Å². The van der Waals surface area contributed by atoms with Gasteiger partial charge in [0.05, 0.1) is 6.61 Å². The first-order valence-electron chi connectivity index (χ1n) is 5.50. The molecular weight excluding hydrogens is 212 g/mol. The lowest BCUT2D eigenvalue weighted by Crippen LogP contribution is -2.42. The molecule has 0 rings (SSSR count). The summed E-state index contributed by atoms with van der Waals surface area (Å²) < 4.78 is 4.86. The summed E-state index contributed by atoms with van der Waals surface area (Å²) in [6.07, 6.45) is 0.817. The minimum atomic E-state index is -1.09. The van der Waals surface area contributed by atoms with Crippen LogP contribution in [0.25, 0.3) is 0 Å². The van der Waals surface area contributed by atoms with Gasteiger partial charge in [-0.15, -0.1) is 0 Å². The molecule has 1 unspecified atom stereocenters. The van der Waals surface area contributed by atoms with E-state index in [1.165, 1.54) is 0 Å². The number of ether oxygens (including phenoxy) is 1. The van der Waals surface area contributed by atoms with Crippen LogP contribution in [-0.2, 0) is 4.74 Å². The molecule has 6 nitrogen and oxygen atoms in total. The monoisotopic (exact) mass is 232 g/mol. The molecule has 94 valence electrons. The molecule has 0 aromatic heterocycles. The Bertz CT molecular complexity index is 221.